The number of hydrogen-bond donors (Lipinski definition) is 0. The predicted octanol–water partition coefficient (Wildman–Crippen LogP) is 3.97. The molecule has 1 aromatic rings. The molecular weight excluding hydrogens is 270 g/mol. The zero-order chi connectivity index (χ0) is 15.7. The monoisotopic (exact) mass is 303 g/mol. The second-order valence-corrected chi connectivity index (χ2v) is 8.17. The van der Waals surface area contributed by atoms with Gasteiger partial charge in [-0.05, 0) is 62.4 Å². The number of piperidine rings is 1. The summed E-state index contributed by atoms with van der Waals surface area (Å²) in [6.07, 6.45) is 7.41. The number of aromatic nitrogens is 2. The third kappa shape index (κ3) is 3.40. The maximum Gasteiger partial charge on any atom is 0.123 e. The Hall–Kier alpha value is -0.830. The van der Waals surface area contributed by atoms with Gasteiger partial charge in [0.1, 0.15) is 5.82 Å². The summed E-state index contributed by atoms with van der Waals surface area (Å²) < 4.78 is 2.51. The Morgan fingerprint density at radius 3 is 2.27 bits per heavy atom. The predicted molar refractivity (Wildman–Crippen MR) is 91.7 cm³/mol. The van der Waals surface area contributed by atoms with Crippen LogP contribution in [0.5, 0.6) is 0 Å². The third-order valence-electron chi connectivity index (χ3n) is 6.10. The summed E-state index contributed by atoms with van der Waals surface area (Å²) in [5.41, 5.74) is 1.47. The SMILES string of the molecule is CC(C)C1CCN(Cc2ncc3n2CCC(C(C)C)C3)CC1. The zero-order valence-corrected chi connectivity index (χ0v) is 14.9. The Morgan fingerprint density at radius 1 is 1.00 bits per heavy atom. The van der Waals surface area contributed by atoms with E-state index in [-0.39, 0.29) is 0 Å². The van der Waals surface area contributed by atoms with E-state index in [2.05, 4.69) is 43.4 Å². The van der Waals surface area contributed by atoms with E-state index in [4.69, 9.17) is 4.98 Å². The molecule has 0 amide bonds. The number of nitrogens with zero attached hydrogens (tertiary/aromatic N) is 3. The molecule has 3 heterocycles. The van der Waals surface area contributed by atoms with Gasteiger partial charge < -0.3 is 4.57 Å². The normalized spacial score (nSPS) is 24.2. The van der Waals surface area contributed by atoms with E-state index in [1.165, 1.54) is 56.8 Å². The van der Waals surface area contributed by atoms with Crippen molar-refractivity contribution in [1.29, 1.82) is 0 Å². The van der Waals surface area contributed by atoms with Crippen molar-refractivity contribution in [2.75, 3.05) is 13.1 Å². The molecule has 124 valence electrons. The first-order valence-electron chi connectivity index (χ1n) is 9.30. The van der Waals surface area contributed by atoms with Gasteiger partial charge in [0.25, 0.3) is 0 Å². The molecule has 0 spiro atoms. The molecule has 1 saturated heterocycles. The second-order valence-electron chi connectivity index (χ2n) is 8.17. The highest BCUT2D eigenvalue weighted by Crippen LogP contribution is 2.29. The third-order valence-corrected chi connectivity index (χ3v) is 6.10. The van der Waals surface area contributed by atoms with Crippen LogP contribution in [0.3, 0.4) is 0 Å². The molecule has 1 fully saturated rings. The van der Waals surface area contributed by atoms with E-state index in [0.717, 1.165) is 30.2 Å². The van der Waals surface area contributed by atoms with Crippen molar-refractivity contribution in [3.63, 3.8) is 0 Å². The topological polar surface area (TPSA) is 21.1 Å². The fourth-order valence-electron chi connectivity index (χ4n) is 4.23. The van der Waals surface area contributed by atoms with Crippen LogP contribution in [0, 0.1) is 23.7 Å². The Kier molecular flexibility index (Phi) is 4.91. The number of likely N-dealkylation sites (tertiary alicyclic amines) is 1. The van der Waals surface area contributed by atoms with Crippen molar-refractivity contribution in [1.82, 2.24) is 14.5 Å². The fourth-order valence-corrected chi connectivity index (χ4v) is 4.23. The van der Waals surface area contributed by atoms with Crippen molar-refractivity contribution >= 4 is 0 Å². The van der Waals surface area contributed by atoms with E-state index in [1.54, 1.807) is 0 Å². The first-order valence-corrected chi connectivity index (χ1v) is 9.30. The molecule has 0 bridgehead atoms. The summed E-state index contributed by atoms with van der Waals surface area (Å²) in [6, 6.07) is 0. The summed E-state index contributed by atoms with van der Waals surface area (Å²) in [7, 11) is 0. The fraction of sp³-hybridized carbons (Fsp3) is 0.842. The molecule has 0 radical (unpaired) electrons. The minimum absolute atomic E-state index is 0.794. The van der Waals surface area contributed by atoms with Gasteiger partial charge in [0.15, 0.2) is 0 Å². The van der Waals surface area contributed by atoms with Crippen LogP contribution in [0.15, 0.2) is 6.20 Å². The molecule has 0 saturated carbocycles. The lowest BCUT2D eigenvalue weighted by Crippen LogP contribution is -2.36. The van der Waals surface area contributed by atoms with E-state index < -0.39 is 0 Å². The van der Waals surface area contributed by atoms with Gasteiger partial charge in [-0.3, -0.25) is 4.90 Å². The standard InChI is InChI=1S/C19H33N3/c1-14(2)16-5-8-21(9-6-16)13-19-20-12-18-11-17(15(3)4)7-10-22(18)19/h12,14-17H,5-11,13H2,1-4H3. The Bertz CT molecular complexity index is 481. The lowest BCUT2D eigenvalue weighted by atomic mass is 9.86. The minimum Gasteiger partial charge on any atom is -0.331 e. The highest BCUT2D eigenvalue weighted by atomic mass is 15.2. The molecule has 3 nitrogen and oxygen atoms in total. The Balaban J connectivity index is 1.59. The van der Waals surface area contributed by atoms with Gasteiger partial charge in [-0.25, -0.2) is 4.98 Å². The minimum atomic E-state index is 0.794. The molecule has 1 aromatic heterocycles. The highest BCUT2D eigenvalue weighted by molar-refractivity contribution is 5.09. The smallest absolute Gasteiger partial charge is 0.123 e. The van der Waals surface area contributed by atoms with E-state index in [9.17, 15) is 0 Å². The van der Waals surface area contributed by atoms with E-state index in [1.807, 2.05) is 0 Å². The maximum absolute atomic E-state index is 4.76. The molecular formula is C19H33N3. The van der Waals surface area contributed by atoms with Crippen molar-refractivity contribution in [3.8, 4) is 0 Å². The van der Waals surface area contributed by atoms with Crippen molar-refractivity contribution in [2.24, 2.45) is 23.7 Å². The molecule has 22 heavy (non-hydrogen) atoms. The van der Waals surface area contributed by atoms with Gasteiger partial charge in [-0.2, -0.15) is 0 Å². The molecule has 2 aliphatic heterocycles. The van der Waals surface area contributed by atoms with Gasteiger partial charge in [-0.1, -0.05) is 27.7 Å². The number of hydrogen-bond acceptors (Lipinski definition) is 2. The lowest BCUT2D eigenvalue weighted by Gasteiger charge is -2.34. The molecule has 2 aliphatic rings. The highest BCUT2D eigenvalue weighted by Gasteiger charge is 2.26. The van der Waals surface area contributed by atoms with Crippen LogP contribution in [0.1, 0.15) is 58.5 Å². The number of imidazole rings is 1. The van der Waals surface area contributed by atoms with E-state index >= 15 is 0 Å². The van der Waals surface area contributed by atoms with Gasteiger partial charge >= 0.3 is 0 Å². The maximum atomic E-state index is 4.76. The first-order chi connectivity index (χ1) is 10.5. The molecule has 0 aromatic carbocycles. The average molecular weight is 303 g/mol. The molecule has 1 atom stereocenters. The van der Waals surface area contributed by atoms with Crippen LogP contribution in [0.2, 0.25) is 0 Å². The van der Waals surface area contributed by atoms with Crippen molar-refractivity contribution in [2.45, 2.75) is 66.5 Å². The van der Waals surface area contributed by atoms with Gasteiger partial charge in [-0.15, -0.1) is 0 Å². The Morgan fingerprint density at radius 2 is 1.64 bits per heavy atom. The van der Waals surface area contributed by atoms with Crippen LogP contribution in [-0.4, -0.2) is 27.5 Å². The number of fused-ring (bicyclic) bond motifs is 1. The Labute approximate surface area is 136 Å². The van der Waals surface area contributed by atoms with Gasteiger partial charge in [0.2, 0.25) is 0 Å². The first kappa shape index (κ1) is 16.0. The van der Waals surface area contributed by atoms with Crippen LogP contribution in [-0.2, 0) is 19.5 Å². The quantitative estimate of drug-likeness (QED) is 0.839. The summed E-state index contributed by atoms with van der Waals surface area (Å²) in [5.74, 6) is 4.72. The van der Waals surface area contributed by atoms with Crippen molar-refractivity contribution < 1.29 is 0 Å². The second kappa shape index (κ2) is 6.74. The number of rotatable bonds is 4. The largest absolute Gasteiger partial charge is 0.331 e. The van der Waals surface area contributed by atoms with Gasteiger partial charge in [0.05, 0.1) is 6.54 Å². The molecule has 0 aliphatic carbocycles. The molecule has 0 N–H and O–H groups in total. The van der Waals surface area contributed by atoms with E-state index in [0.29, 0.717) is 0 Å². The molecule has 3 heteroatoms. The van der Waals surface area contributed by atoms with Crippen LogP contribution in [0.25, 0.3) is 0 Å². The summed E-state index contributed by atoms with van der Waals surface area (Å²) in [6.45, 7) is 14.2. The van der Waals surface area contributed by atoms with Crippen LogP contribution in [0.4, 0.5) is 0 Å². The van der Waals surface area contributed by atoms with Gasteiger partial charge in [0, 0.05) is 18.4 Å². The molecule has 1 unspecified atom stereocenters. The van der Waals surface area contributed by atoms with Crippen LogP contribution >= 0.6 is 0 Å². The average Bonchev–Trinajstić information content (AvgIpc) is 2.90. The lowest BCUT2D eigenvalue weighted by molar-refractivity contribution is 0.147. The summed E-state index contributed by atoms with van der Waals surface area (Å²) in [5, 5.41) is 0. The molecule has 3 rings (SSSR count). The summed E-state index contributed by atoms with van der Waals surface area (Å²) >= 11 is 0. The van der Waals surface area contributed by atoms with Crippen molar-refractivity contribution in [3.05, 3.63) is 17.7 Å². The zero-order valence-electron chi connectivity index (χ0n) is 14.9. The van der Waals surface area contributed by atoms with Crippen LogP contribution < -0.4 is 0 Å². The summed E-state index contributed by atoms with van der Waals surface area (Å²) in [4.78, 5) is 7.38.